The van der Waals surface area contributed by atoms with Crippen molar-refractivity contribution in [1.29, 1.82) is 0 Å². The molecule has 0 heterocycles. The van der Waals surface area contributed by atoms with E-state index in [1.54, 1.807) is 36.4 Å². The standard InChI is InChI=1S/C50H47F7N4O4/c1-32-13-22-41(29-33(32)2)60(27-25-34-14-18-37(19-15-34)49(52,53)54)45(62)47(58,36-9-6-5-7-10-36)48(59,39-11-8-12-40(51)30-39)46(63)61(42-23-24-43(64-3)44(31-42)65-4)28-26-35-16-20-38(21-17-35)50(55,56)57/h5-24,29-31H,25-28,58-59H2,1-4H3. The minimum Gasteiger partial charge on any atom is -0.493 e. The number of alkyl halides is 6. The summed E-state index contributed by atoms with van der Waals surface area (Å²) in [7, 11) is 2.79. The molecule has 2 atom stereocenters. The van der Waals surface area contributed by atoms with Crippen molar-refractivity contribution in [2.24, 2.45) is 11.5 Å². The highest BCUT2D eigenvalue weighted by Crippen LogP contribution is 2.43. The molecule has 4 N–H and O–H groups in total. The second-order valence-electron chi connectivity index (χ2n) is 15.6. The van der Waals surface area contributed by atoms with Gasteiger partial charge in [0.15, 0.2) is 22.6 Å². The topological polar surface area (TPSA) is 111 Å². The fourth-order valence-corrected chi connectivity index (χ4v) is 7.68. The Labute approximate surface area is 372 Å². The quantitative estimate of drug-likeness (QED) is 0.0994. The average Bonchev–Trinajstić information content (AvgIpc) is 3.29. The summed E-state index contributed by atoms with van der Waals surface area (Å²) >= 11 is 0. The number of halogens is 7. The van der Waals surface area contributed by atoms with E-state index in [1.165, 1.54) is 90.7 Å². The van der Waals surface area contributed by atoms with Crippen LogP contribution in [-0.2, 0) is 45.9 Å². The Kier molecular flexibility index (Phi) is 14.1. The van der Waals surface area contributed by atoms with Crippen LogP contribution < -0.4 is 30.7 Å². The lowest BCUT2D eigenvalue weighted by molar-refractivity contribution is -0.138. The highest BCUT2D eigenvalue weighted by Gasteiger charge is 2.61. The molecule has 0 aliphatic carbocycles. The number of ether oxygens (including phenoxy) is 2. The number of aryl methyl sites for hydroxylation is 2. The van der Waals surface area contributed by atoms with Crippen molar-refractivity contribution in [2.45, 2.75) is 50.1 Å². The average molecular weight is 901 g/mol. The van der Waals surface area contributed by atoms with Crippen molar-refractivity contribution >= 4 is 23.2 Å². The van der Waals surface area contributed by atoms with E-state index in [0.29, 0.717) is 22.6 Å². The third-order valence-corrected chi connectivity index (χ3v) is 11.6. The molecule has 0 aromatic heterocycles. The Hall–Kier alpha value is -6.71. The van der Waals surface area contributed by atoms with Crippen LogP contribution in [0, 0.1) is 19.7 Å². The highest BCUT2D eigenvalue weighted by molar-refractivity contribution is 6.11. The monoisotopic (exact) mass is 900 g/mol. The van der Waals surface area contributed by atoms with Crippen molar-refractivity contribution < 1.29 is 49.8 Å². The summed E-state index contributed by atoms with van der Waals surface area (Å²) in [6.07, 6.45) is -9.18. The van der Waals surface area contributed by atoms with Gasteiger partial charge in [0.1, 0.15) is 5.82 Å². The number of carbonyl (C=O) groups excluding carboxylic acids is 2. The molecule has 2 amide bonds. The molecule has 0 bridgehead atoms. The summed E-state index contributed by atoms with van der Waals surface area (Å²) in [6, 6.07) is 31.2. The van der Waals surface area contributed by atoms with E-state index in [0.717, 1.165) is 47.5 Å². The Balaban J connectivity index is 1.57. The summed E-state index contributed by atoms with van der Waals surface area (Å²) in [5, 5.41) is 0. The number of amides is 2. The minimum absolute atomic E-state index is 0.0258. The van der Waals surface area contributed by atoms with Crippen LogP contribution in [0.5, 0.6) is 11.5 Å². The van der Waals surface area contributed by atoms with E-state index in [1.807, 2.05) is 13.8 Å². The zero-order chi connectivity index (χ0) is 47.3. The van der Waals surface area contributed by atoms with E-state index < -0.39 is 52.2 Å². The third kappa shape index (κ3) is 10.0. The van der Waals surface area contributed by atoms with Gasteiger partial charge in [-0.25, -0.2) is 4.39 Å². The van der Waals surface area contributed by atoms with Crippen molar-refractivity contribution in [2.75, 3.05) is 37.1 Å². The van der Waals surface area contributed by atoms with E-state index >= 15 is 14.0 Å². The molecular weight excluding hydrogens is 854 g/mol. The fraction of sp³-hybridized carbons (Fsp3) is 0.240. The van der Waals surface area contributed by atoms with Crippen LogP contribution in [0.4, 0.5) is 42.1 Å². The van der Waals surface area contributed by atoms with Gasteiger partial charge in [0.05, 0.1) is 25.3 Å². The first-order valence-electron chi connectivity index (χ1n) is 20.4. The maximum absolute atomic E-state index is 16.0. The van der Waals surface area contributed by atoms with Crippen LogP contribution in [0.15, 0.2) is 140 Å². The molecule has 0 fully saturated rings. The van der Waals surface area contributed by atoms with Gasteiger partial charge in [0.2, 0.25) is 0 Å². The first-order chi connectivity index (χ1) is 30.7. The van der Waals surface area contributed by atoms with Gasteiger partial charge in [0.25, 0.3) is 11.8 Å². The van der Waals surface area contributed by atoms with E-state index in [4.69, 9.17) is 20.9 Å². The third-order valence-electron chi connectivity index (χ3n) is 11.6. The number of hydrogen-bond acceptors (Lipinski definition) is 6. The summed E-state index contributed by atoms with van der Waals surface area (Å²) < 4.78 is 108. The lowest BCUT2D eigenvalue weighted by Gasteiger charge is -2.48. The second kappa shape index (κ2) is 19.2. The molecule has 0 saturated carbocycles. The van der Waals surface area contributed by atoms with Crippen LogP contribution >= 0.6 is 0 Å². The predicted molar refractivity (Wildman–Crippen MR) is 235 cm³/mol. The van der Waals surface area contributed by atoms with Gasteiger partial charge in [-0.15, -0.1) is 0 Å². The van der Waals surface area contributed by atoms with Crippen LogP contribution in [-0.4, -0.2) is 39.1 Å². The maximum atomic E-state index is 16.0. The molecule has 340 valence electrons. The molecule has 0 spiro atoms. The zero-order valence-corrected chi connectivity index (χ0v) is 35.9. The van der Waals surface area contributed by atoms with E-state index in [-0.39, 0.29) is 48.5 Å². The molecule has 15 heteroatoms. The molecular formula is C50H47F7N4O4. The van der Waals surface area contributed by atoms with Crippen LogP contribution in [0.1, 0.15) is 44.5 Å². The molecule has 8 nitrogen and oxygen atoms in total. The van der Waals surface area contributed by atoms with Gasteiger partial charge in [-0.2, -0.15) is 26.3 Å². The molecule has 0 saturated heterocycles. The minimum atomic E-state index is -4.60. The van der Waals surface area contributed by atoms with Crippen LogP contribution in [0.2, 0.25) is 0 Å². The Morgan fingerprint density at radius 3 is 1.43 bits per heavy atom. The largest absolute Gasteiger partial charge is 0.493 e. The summed E-state index contributed by atoms with van der Waals surface area (Å²) in [5.41, 5.74) is 10.9. The lowest BCUT2D eigenvalue weighted by Crippen LogP contribution is -2.74. The van der Waals surface area contributed by atoms with Crippen LogP contribution in [0.25, 0.3) is 0 Å². The van der Waals surface area contributed by atoms with E-state index in [9.17, 15) is 26.3 Å². The number of rotatable bonds is 15. The zero-order valence-electron chi connectivity index (χ0n) is 35.9. The molecule has 0 radical (unpaired) electrons. The van der Waals surface area contributed by atoms with Gasteiger partial charge < -0.3 is 30.7 Å². The van der Waals surface area contributed by atoms with Gasteiger partial charge in [-0.1, -0.05) is 72.8 Å². The second-order valence-corrected chi connectivity index (χ2v) is 15.6. The smallest absolute Gasteiger partial charge is 0.416 e. The van der Waals surface area contributed by atoms with Crippen molar-refractivity contribution in [3.63, 3.8) is 0 Å². The number of benzene rings is 6. The molecule has 0 aliphatic heterocycles. The number of anilines is 2. The highest BCUT2D eigenvalue weighted by atomic mass is 19.4. The fourth-order valence-electron chi connectivity index (χ4n) is 7.68. The Morgan fingerprint density at radius 2 is 0.969 bits per heavy atom. The Morgan fingerprint density at radius 1 is 0.508 bits per heavy atom. The van der Waals surface area contributed by atoms with Gasteiger partial charge >= 0.3 is 12.4 Å². The molecule has 6 rings (SSSR count). The van der Waals surface area contributed by atoms with E-state index in [2.05, 4.69) is 0 Å². The molecule has 2 unspecified atom stereocenters. The number of nitrogens with two attached hydrogens (primary N) is 2. The maximum Gasteiger partial charge on any atom is 0.416 e. The Bertz CT molecular complexity index is 2620. The summed E-state index contributed by atoms with van der Waals surface area (Å²) in [5.74, 6) is -2.27. The van der Waals surface area contributed by atoms with Crippen LogP contribution in [0.3, 0.4) is 0 Å². The van der Waals surface area contributed by atoms with Gasteiger partial charge in [-0.3, -0.25) is 9.59 Å². The first kappa shape index (κ1) is 47.8. The predicted octanol–water partition coefficient (Wildman–Crippen LogP) is 10.1. The summed E-state index contributed by atoms with van der Waals surface area (Å²) in [6.45, 7) is 3.28. The SMILES string of the molecule is COc1ccc(N(CCc2ccc(C(F)(F)F)cc2)C(=O)C(N)(c2cccc(F)c2)C(N)(C(=O)N(CCc2ccc(C(F)(F)F)cc2)c2ccc(C)c(C)c2)c2ccccc2)cc1OC. The normalized spacial score (nSPS) is 13.6. The van der Waals surface area contributed by atoms with Gasteiger partial charge in [0, 0.05) is 30.5 Å². The lowest BCUT2D eigenvalue weighted by atomic mass is 9.67. The molecule has 65 heavy (non-hydrogen) atoms. The van der Waals surface area contributed by atoms with Crippen molar-refractivity contribution in [3.05, 3.63) is 190 Å². The molecule has 6 aromatic rings. The first-order valence-corrected chi connectivity index (χ1v) is 20.4. The number of carbonyl (C=O) groups is 2. The number of hydrogen-bond donors (Lipinski definition) is 2. The molecule has 6 aromatic carbocycles. The van der Waals surface area contributed by atoms with Crippen molar-refractivity contribution in [1.82, 2.24) is 0 Å². The summed E-state index contributed by atoms with van der Waals surface area (Å²) in [4.78, 5) is 34.5. The van der Waals surface area contributed by atoms with Crippen molar-refractivity contribution in [3.8, 4) is 11.5 Å². The number of nitrogens with zero attached hydrogens (tertiary/aromatic N) is 2. The number of methoxy groups -OCH3 is 2. The van der Waals surface area contributed by atoms with Gasteiger partial charge in [-0.05, 0) is 121 Å². The molecule has 0 aliphatic rings.